The number of nitrogens with zero attached hydrogens (tertiary/aromatic N) is 3. The van der Waals surface area contributed by atoms with Crippen LogP contribution in [0.2, 0.25) is 0 Å². The summed E-state index contributed by atoms with van der Waals surface area (Å²) in [6.07, 6.45) is 1.91. The number of aryl methyl sites for hydroxylation is 1. The van der Waals surface area contributed by atoms with Crippen molar-refractivity contribution in [1.82, 2.24) is 24.9 Å². The summed E-state index contributed by atoms with van der Waals surface area (Å²) in [5.41, 5.74) is 2.39. The number of rotatable bonds is 5. The molecule has 0 radical (unpaired) electrons. The van der Waals surface area contributed by atoms with Crippen LogP contribution in [-0.4, -0.2) is 44.9 Å². The van der Waals surface area contributed by atoms with Crippen LogP contribution < -0.4 is 10.6 Å². The molecule has 0 aromatic carbocycles. The maximum Gasteiger partial charge on any atom is 0.318 e. The van der Waals surface area contributed by atoms with Crippen LogP contribution in [0.5, 0.6) is 0 Å². The molecule has 136 valence electrons. The van der Waals surface area contributed by atoms with E-state index in [4.69, 9.17) is 0 Å². The minimum Gasteiger partial charge on any atom is -0.350 e. The monoisotopic (exact) mass is 345 g/mol. The van der Waals surface area contributed by atoms with Gasteiger partial charge in [0.25, 0.3) is 0 Å². The zero-order valence-corrected chi connectivity index (χ0v) is 15.6. The smallest absolute Gasteiger partial charge is 0.318 e. The fourth-order valence-electron chi connectivity index (χ4n) is 2.52. The van der Waals surface area contributed by atoms with Gasteiger partial charge in [-0.2, -0.15) is 0 Å². The van der Waals surface area contributed by atoms with E-state index in [0.29, 0.717) is 13.1 Å². The van der Waals surface area contributed by atoms with Crippen molar-refractivity contribution >= 4 is 17.6 Å². The first-order valence-corrected chi connectivity index (χ1v) is 8.47. The van der Waals surface area contributed by atoms with Crippen LogP contribution in [0.4, 0.5) is 4.79 Å². The molecule has 2 rings (SSSR count). The van der Waals surface area contributed by atoms with E-state index < -0.39 is 0 Å². The van der Waals surface area contributed by atoms with Gasteiger partial charge in [-0.3, -0.25) is 4.79 Å². The van der Waals surface area contributed by atoms with Gasteiger partial charge in [0.2, 0.25) is 5.91 Å². The quantitative estimate of drug-likeness (QED) is 0.871. The number of fused-ring (bicyclic) bond motifs is 1. The third-order valence-electron chi connectivity index (χ3n) is 3.68. The topological polar surface area (TPSA) is 78.7 Å². The number of aromatic nitrogens is 2. The number of carbonyl (C=O) groups excluding carboxylic acids is 2. The van der Waals surface area contributed by atoms with Gasteiger partial charge < -0.3 is 19.9 Å². The molecular formula is C18H27N5O2. The Morgan fingerprint density at radius 2 is 2.00 bits per heavy atom. The largest absolute Gasteiger partial charge is 0.350 e. The Morgan fingerprint density at radius 1 is 1.28 bits per heavy atom. The zero-order valence-electron chi connectivity index (χ0n) is 15.6. The molecule has 0 saturated heterocycles. The summed E-state index contributed by atoms with van der Waals surface area (Å²) in [6, 6.07) is 5.60. The van der Waals surface area contributed by atoms with E-state index in [1.165, 1.54) is 4.90 Å². The summed E-state index contributed by atoms with van der Waals surface area (Å²) in [5.74, 6) is -0.173. The van der Waals surface area contributed by atoms with Crippen molar-refractivity contribution in [2.45, 2.75) is 46.7 Å². The molecule has 2 aromatic rings. The molecule has 0 bridgehead atoms. The highest BCUT2D eigenvalue weighted by atomic mass is 16.2. The predicted molar refractivity (Wildman–Crippen MR) is 97.3 cm³/mol. The summed E-state index contributed by atoms with van der Waals surface area (Å²) in [7, 11) is 0. The molecule has 2 heterocycles. The van der Waals surface area contributed by atoms with Gasteiger partial charge in [-0.15, -0.1) is 0 Å². The molecule has 0 fully saturated rings. The van der Waals surface area contributed by atoms with Crippen LogP contribution in [-0.2, 0) is 11.3 Å². The summed E-state index contributed by atoms with van der Waals surface area (Å²) < 4.78 is 1.98. The number of carbonyl (C=O) groups is 2. The highest BCUT2D eigenvalue weighted by molar-refractivity contribution is 5.84. The molecule has 7 nitrogen and oxygen atoms in total. The van der Waals surface area contributed by atoms with Gasteiger partial charge in [-0.1, -0.05) is 6.07 Å². The molecule has 2 aromatic heterocycles. The van der Waals surface area contributed by atoms with Crippen LogP contribution in [0.25, 0.3) is 5.65 Å². The second-order valence-corrected chi connectivity index (χ2v) is 7.10. The number of amides is 3. The van der Waals surface area contributed by atoms with E-state index in [1.807, 2.05) is 63.4 Å². The lowest BCUT2D eigenvalue weighted by Crippen LogP contribution is -2.49. The Morgan fingerprint density at radius 3 is 2.60 bits per heavy atom. The molecule has 2 N–H and O–H groups in total. The Hall–Kier alpha value is -2.57. The van der Waals surface area contributed by atoms with Crippen LogP contribution in [0.1, 0.15) is 39.1 Å². The average molecular weight is 345 g/mol. The van der Waals surface area contributed by atoms with Crippen LogP contribution in [0, 0.1) is 6.92 Å². The van der Waals surface area contributed by atoms with Crippen LogP contribution in [0.15, 0.2) is 24.4 Å². The minimum absolute atomic E-state index is 0.0316. The summed E-state index contributed by atoms with van der Waals surface area (Å²) in [6.45, 7) is 10.4. The molecule has 0 unspecified atom stereocenters. The Labute approximate surface area is 148 Å². The van der Waals surface area contributed by atoms with Gasteiger partial charge in [0.1, 0.15) is 12.2 Å². The van der Waals surface area contributed by atoms with E-state index >= 15 is 0 Å². The first kappa shape index (κ1) is 18.8. The van der Waals surface area contributed by atoms with Gasteiger partial charge >= 0.3 is 6.03 Å². The van der Waals surface area contributed by atoms with Crippen LogP contribution in [0.3, 0.4) is 0 Å². The molecule has 0 aliphatic carbocycles. The SMILES string of the molecule is CCN(CC(=O)NC(C)(C)C)C(=O)NCc1cn2c(C)cccc2n1. The lowest BCUT2D eigenvalue weighted by Gasteiger charge is -2.25. The number of likely N-dealkylation sites (N-methyl/N-ethyl adjacent to an activating group) is 1. The van der Waals surface area contributed by atoms with Gasteiger partial charge in [-0.05, 0) is 46.8 Å². The number of hydrogen-bond acceptors (Lipinski definition) is 3. The summed E-state index contributed by atoms with van der Waals surface area (Å²) in [4.78, 5) is 30.3. The van der Waals surface area contributed by atoms with Crippen molar-refractivity contribution in [2.24, 2.45) is 0 Å². The second-order valence-electron chi connectivity index (χ2n) is 7.10. The molecule has 25 heavy (non-hydrogen) atoms. The van der Waals surface area contributed by atoms with Crippen molar-refractivity contribution in [3.8, 4) is 0 Å². The highest BCUT2D eigenvalue weighted by Crippen LogP contribution is 2.08. The lowest BCUT2D eigenvalue weighted by molar-refractivity contribution is -0.123. The molecule has 0 saturated carbocycles. The van der Waals surface area contributed by atoms with Crippen molar-refractivity contribution in [3.63, 3.8) is 0 Å². The normalized spacial score (nSPS) is 11.4. The molecule has 7 heteroatoms. The van der Waals surface area contributed by atoms with Crippen molar-refractivity contribution in [1.29, 1.82) is 0 Å². The van der Waals surface area contributed by atoms with Crippen molar-refractivity contribution in [2.75, 3.05) is 13.1 Å². The molecular weight excluding hydrogens is 318 g/mol. The van der Waals surface area contributed by atoms with Gasteiger partial charge in [0.15, 0.2) is 0 Å². The summed E-state index contributed by atoms with van der Waals surface area (Å²) in [5, 5.41) is 5.69. The van der Waals surface area contributed by atoms with E-state index in [1.54, 1.807) is 0 Å². The van der Waals surface area contributed by atoms with Crippen molar-refractivity contribution < 1.29 is 9.59 Å². The number of imidazole rings is 1. The van der Waals surface area contributed by atoms with E-state index in [2.05, 4.69) is 15.6 Å². The molecule has 0 aliphatic heterocycles. The molecule has 3 amide bonds. The third-order valence-corrected chi connectivity index (χ3v) is 3.68. The van der Waals surface area contributed by atoms with Gasteiger partial charge in [0, 0.05) is 24.0 Å². The minimum atomic E-state index is -0.318. The highest BCUT2D eigenvalue weighted by Gasteiger charge is 2.19. The first-order valence-electron chi connectivity index (χ1n) is 8.47. The number of pyridine rings is 1. The Kier molecular flexibility index (Phi) is 5.66. The first-order chi connectivity index (χ1) is 11.7. The van der Waals surface area contributed by atoms with Gasteiger partial charge in [-0.25, -0.2) is 9.78 Å². The second kappa shape index (κ2) is 7.55. The average Bonchev–Trinajstić information content (AvgIpc) is 2.93. The van der Waals surface area contributed by atoms with E-state index in [-0.39, 0.29) is 24.0 Å². The van der Waals surface area contributed by atoms with E-state index in [0.717, 1.165) is 17.0 Å². The molecule has 0 aliphatic rings. The fraction of sp³-hybridized carbons (Fsp3) is 0.500. The van der Waals surface area contributed by atoms with Crippen LogP contribution >= 0.6 is 0 Å². The third kappa shape index (κ3) is 5.20. The number of nitrogens with one attached hydrogen (secondary N) is 2. The number of hydrogen-bond donors (Lipinski definition) is 2. The Balaban J connectivity index is 1.94. The maximum absolute atomic E-state index is 12.3. The number of urea groups is 1. The Bertz CT molecular complexity index is 760. The van der Waals surface area contributed by atoms with E-state index in [9.17, 15) is 9.59 Å². The standard InChI is InChI=1S/C18H27N5O2/c1-6-22(12-16(24)21-18(3,4)5)17(25)19-10-14-11-23-13(2)8-7-9-15(23)20-14/h7-9,11H,6,10,12H2,1-5H3,(H,19,25)(H,21,24). The van der Waals surface area contributed by atoms with Crippen molar-refractivity contribution in [3.05, 3.63) is 35.8 Å². The predicted octanol–water partition coefficient (Wildman–Crippen LogP) is 2.09. The molecule has 0 atom stereocenters. The van der Waals surface area contributed by atoms with Gasteiger partial charge in [0.05, 0.1) is 12.2 Å². The lowest BCUT2D eigenvalue weighted by atomic mass is 10.1. The molecule has 0 spiro atoms. The maximum atomic E-state index is 12.3. The summed E-state index contributed by atoms with van der Waals surface area (Å²) >= 11 is 0. The fourth-order valence-corrected chi connectivity index (χ4v) is 2.52. The zero-order chi connectivity index (χ0) is 18.6.